The van der Waals surface area contributed by atoms with E-state index in [0.29, 0.717) is 43.0 Å². The van der Waals surface area contributed by atoms with Crippen LogP contribution in [0.5, 0.6) is 5.88 Å². The second kappa shape index (κ2) is 11.2. The number of ketones is 1. The smallest absolute Gasteiger partial charge is 0.410 e. The summed E-state index contributed by atoms with van der Waals surface area (Å²) in [5.41, 5.74) is 1.29. The van der Waals surface area contributed by atoms with Crippen molar-refractivity contribution in [1.29, 1.82) is 0 Å². The highest BCUT2D eigenvalue weighted by Crippen LogP contribution is 2.47. The van der Waals surface area contributed by atoms with Crippen LogP contribution >= 0.6 is 0 Å². The van der Waals surface area contributed by atoms with Crippen LogP contribution in [0, 0.1) is 0 Å². The molecule has 4 aliphatic rings. The van der Waals surface area contributed by atoms with Crippen molar-refractivity contribution >= 4 is 11.9 Å². The second-order valence-corrected chi connectivity index (χ2v) is 13.8. The second-order valence-electron chi connectivity index (χ2n) is 13.8. The average molecular weight is 580 g/mol. The van der Waals surface area contributed by atoms with E-state index >= 15 is 0 Å². The monoisotopic (exact) mass is 579 g/mol. The maximum atomic E-state index is 13.2. The van der Waals surface area contributed by atoms with Crippen molar-refractivity contribution in [3.63, 3.8) is 0 Å². The number of amides is 1. The molecule has 1 spiro atoms. The van der Waals surface area contributed by atoms with Crippen LogP contribution in [0.1, 0.15) is 108 Å². The van der Waals surface area contributed by atoms with Crippen LogP contribution in [0.3, 0.4) is 0 Å². The van der Waals surface area contributed by atoms with Crippen LogP contribution in [0.25, 0.3) is 11.5 Å². The van der Waals surface area contributed by atoms with Crippen molar-refractivity contribution < 1.29 is 23.6 Å². The van der Waals surface area contributed by atoms with Gasteiger partial charge >= 0.3 is 6.09 Å². The van der Waals surface area contributed by atoms with Gasteiger partial charge in [-0.05, 0) is 92.7 Å². The van der Waals surface area contributed by atoms with Gasteiger partial charge in [0.2, 0.25) is 5.88 Å². The van der Waals surface area contributed by atoms with Crippen molar-refractivity contribution in [2.75, 3.05) is 26.7 Å². The molecule has 1 unspecified atom stereocenters. The third kappa shape index (κ3) is 5.54. The van der Waals surface area contributed by atoms with Crippen molar-refractivity contribution in [3.8, 4) is 17.4 Å². The number of hydrogen-bond donors (Lipinski definition) is 0. The number of rotatable bonds is 5. The Hall–Kier alpha value is -3.01. The summed E-state index contributed by atoms with van der Waals surface area (Å²) in [5, 5.41) is 4.51. The van der Waals surface area contributed by atoms with Crippen LogP contribution in [-0.4, -0.2) is 81.2 Å². The zero-order valence-electron chi connectivity index (χ0n) is 25.8. The first kappa shape index (κ1) is 29.1. The van der Waals surface area contributed by atoms with Crippen molar-refractivity contribution in [2.24, 2.45) is 0 Å². The number of aromatic nitrogens is 3. The lowest BCUT2D eigenvalue weighted by Crippen LogP contribution is -2.41. The van der Waals surface area contributed by atoms with Gasteiger partial charge in [-0.2, -0.15) is 4.98 Å². The molecule has 4 atom stereocenters. The molecule has 2 aromatic heterocycles. The largest absolute Gasteiger partial charge is 0.473 e. The van der Waals surface area contributed by atoms with Gasteiger partial charge in [-0.15, -0.1) is 0 Å². The van der Waals surface area contributed by atoms with E-state index < -0.39 is 11.0 Å². The summed E-state index contributed by atoms with van der Waals surface area (Å²) in [7, 11) is 2.14. The SMILES string of the molecule is C[C@H](Oc1cc(C2CCN(C(=O)OC(C)(C)C)C2)nc(-c2noc3c2CCC[C@@]32CCCCC2=O)n1)[C@@H]1CCCN1C. The van der Waals surface area contributed by atoms with Crippen molar-refractivity contribution in [1.82, 2.24) is 24.9 Å². The van der Waals surface area contributed by atoms with Crippen LogP contribution in [0.2, 0.25) is 0 Å². The molecule has 0 N–H and O–H groups in total. The summed E-state index contributed by atoms with van der Waals surface area (Å²) in [6.07, 6.45) is 8.55. The molecular formula is C32H45N5O5. The third-order valence-corrected chi connectivity index (χ3v) is 9.66. The van der Waals surface area contributed by atoms with E-state index in [4.69, 9.17) is 24.0 Å². The highest BCUT2D eigenvalue weighted by Gasteiger charge is 2.48. The number of likely N-dealkylation sites (N-methyl/N-ethyl adjacent to an activating group) is 1. The fourth-order valence-electron chi connectivity index (χ4n) is 7.48. The summed E-state index contributed by atoms with van der Waals surface area (Å²) in [6.45, 7) is 9.92. The number of carbonyl (C=O) groups excluding carboxylic acids is 2. The predicted molar refractivity (Wildman–Crippen MR) is 157 cm³/mol. The molecule has 4 heterocycles. The fraction of sp³-hybridized carbons (Fsp3) is 0.719. The molecule has 6 rings (SSSR count). The fourth-order valence-corrected chi connectivity index (χ4v) is 7.48. The molecule has 2 aromatic rings. The van der Waals surface area contributed by atoms with Crippen LogP contribution in [0.15, 0.2) is 10.6 Å². The Morgan fingerprint density at radius 3 is 2.64 bits per heavy atom. The van der Waals surface area contributed by atoms with Gasteiger partial charge in [-0.1, -0.05) is 11.6 Å². The topological polar surface area (TPSA) is 111 Å². The number of nitrogens with zero attached hydrogens (tertiary/aromatic N) is 5. The quantitative estimate of drug-likeness (QED) is 0.457. The first-order valence-electron chi connectivity index (χ1n) is 15.8. The Balaban J connectivity index is 1.34. The minimum absolute atomic E-state index is 0.0140. The van der Waals surface area contributed by atoms with E-state index in [9.17, 15) is 9.59 Å². The van der Waals surface area contributed by atoms with E-state index in [0.717, 1.165) is 81.3 Å². The first-order valence-corrected chi connectivity index (χ1v) is 15.8. The average Bonchev–Trinajstić information content (AvgIpc) is 3.69. The highest BCUT2D eigenvalue weighted by molar-refractivity contribution is 5.91. The molecule has 0 bridgehead atoms. The molecule has 10 heteroatoms. The third-order valence-electron chi connectivity index (χ3n) is 9.66. The molecule has 1 amide bonds. The van der Waals surface area contributed by atoms with Gasteiger partial charge < -0.3 is 18.9 Å². The van der Waals surface area contributed by atoms with Crippen LogP contribution in [0.4, 0.5) is 4.79 Å². The van der Waals surface area contributed by atoms with E-state index in [-0.39, 0.29) is 23.9 Å². The van der Waals surface area contributed by atoms with E-state index in [1.165, 1.54) is 0 Å². The van der Waals surface area contributed by atoms with Gasteiger partial charge in [0.05, 0.1) is 11.1 Å². The zero-order valence-corrected chi connectivity index (χ0v) is 25.8. The number of hydrogen-bond acceptors (Lipinski definition) is 9. The molecular weight excluding hydrogens is 534 g/mol. The van der Waals surface area contributed by atoms with Gasteiger partial charge in [0.15, 0.2) is 17.3 Å². The molecule has 3 fully saturated rings. The number of ether oxygens (including phenoxy) is 2. The van der Waals surface area contributed by atoms with E-state index in [1.54, 1.807) is 4.90 Å². The van der Waals surface area contributed by atoms with Crippen LogP contribution < -0.4 is 4.74 Å². The van der Waals surface area contributed by atoms with Gasteiger partial charge in [-0.3, -0.25) is 9.69 Å². The lowest BCUT2D eigenvalue weighted by molar-refractivity contribution is -0.128. The van der Waals surface area contributed by atoms with Crippen LogP contribution in [-0.2, 0) is 21.4 Å². The van der Waals surface area contributed by atoms with Gasteiger partial charge in [0.1, 0.15) is 17.5 Å². The number of fused-ring (bicyclic) bond motifs is 2. The Morgan fingerprint density at radius 1 is 1.10 bits per heavy atom. The highest BCUT2D eigenvalue weighted by atomic mass is 16.6. The van der Waals surface area contributed by atoms with Gasteiger partial charge in [0, 0.05) is 43.1 Å². The summed E-state index contributed by atoms with van der Waals surface area (Å²) in [5.74, 6) is 1.99. The molecule has 2 aliphatic carbocycles. The van der Waals surface area contributed by atoms with E-state index in [1.807, 2.05) is 26.8 Å². The molecule has 42 heavy (non-hydrogen) atoms. The predicted octanol–water partition coefficient (Wildman–Crippen LogP) is 5.43. The minimum atomic E-state index is -0.561. The van der Waals surface area contributed by atoms with Crippen molar-refractivity contribution in [2.45, 2.75) is 121 Å². The van der Waals surface area contributed by atoms with E-state index in [2.05, 4.69) is 24.0 Å². The molecule has 2 saturated heterocycles. The molecule has 2 aliphatic heterocycles. The normalized spacial score (nSPS) is 27.4. The molecule has 228 valence electrons. The lowest BCUT2D eigenvalue weighted by Gasteiger charge is -2.36. The zero-order chi connectivity index (χ0) is 29.6. The maximum absolute atomic E-state index is 13.2. The number of likely N-dealkylation sites (tertiary alicyclic amines) is 2. The molecule has 1 saturated carbocycles. The molecule has 0 radical (unpaired) electrons. The Kier molecular flexibility index (Phi) is 7.79. The summed E-state index contributed by atoms with van der Waals surface area (Å²) in [6, 6.07) is 2.25. The van der Waals surface area contributed by atoms with Gasteiger partial charge in [0.25, 0.3) is 0 Å². The molecule has 0 aromatic carbocycles. The van der Waals surface area contributed by atoms with Crippen molar-refractivity contribution in [3.05, 3.63) is 23.1 Å². The first-order chi connectivity index (χ1) is 20.0. The minimum Gasteiger partial charge on any atom is -0.473 e. The summed E-state index contributed by atoms with van der Waals surface area (Å²) >= 11 is 0. The Labute approximate surface area is 248 Å². The number of carbonyl (C=O) groups is 2. The lowest BCUT2D eigenvalue weighted by atomic mass is 9.64. The molecule has 10 nitrogen and oxygen atoms in total. The summed E-state index contributed by atoms with van der Waals surface area (Å²) < 4.78 is 18.2. The maximum Gasteiger partial charge on any atom is 0.410 e. The van der Waals surface area contributed by atoms with Gasteiger partial charge in [-0.25, -0.2) is 9.78 Å². The Morgan fingerprint density at radius 2 is 1.90 bits per heavy atom. The number of Topliss-reactive ketones (excluding diaryl/α,β-unsaturated/α-hetero) is 1. The summed E-state index contributed by atoms with van der Waals surface area (Å²) in [4.78, 5) is 40.0. The Bertz CT molecular complexity index is 1340. The standard InChI is InChI=1S/C32H45N5O5/c1-20(24-11-9-16-36(24)5)40-26-18-23(21-13-17-37(19-21)30(39)41-31(2,3)4)33-29(34-26)27-22-10-8-15-32(28(22)42-35-27)14-7-6-12-25(32)38/h18,20-21,24H,6-17,19H2,1-5H3/t20-,21?,24-,32+/m0/s1.